The fourth-order valence-electron chi connectivity index (χ4n) is 2.49. The minimum Gasteiger partial charge on any atom is -0.456 e. The largest absolute Gasteiger partial charge is 0.456 e. The van der Waals surface area contributed by atoms with E-state index in [1.54, 1.807) is 6.07 Å². The second kappa shape index (κ2) is 4.64. The number of benzene rings is 2. The van der Waals surface area contributed by atoms with Crippen LogP contribution in [-0.2, 0) is 0 Å². The summed E-state index contributed by atoms with van der Waals surface area (Å²) < 4.78 is 6.00. The molecule has 2 heteroatoms. The van der Waals surface area contributed by atoms with Gasteiger partial charge in [-0.2, -0.15) is 0 Å². The second-order valence-corrected chi connectivity index (χ2v) is 5.13. The molecule has 1 aromatic heterocycles. The van der Waals surface area contributed by atoms with E-state index in [1.807, 2.05) is 37.3 Å². The molecule has 0 saturated heterocycles. The molecule has 3 aromatic rings. The standard InChI is InChI=1S/C18H16O2/c1-11-7-6-9-14(12(11)2)18-13(3)17(19)15-8-4-5-10-16(15)20-18/h4-10H,1-3H3. The zero-order chi connectivity index (χ0) is 14.3. The summed E-state index contributed by atoms with van der Waals surface area (Å²) in [4.78, 5) is 12.5. The molecule has 0 aliphatic rings. The van der Waals surface area contributed by atoms with Crippen LogP contribution in [-0.4, -0.2) is 0 Å². The van der Waals surface area contributed by atoms with Gasteiger partial charge in [-0.15, -0.1) is 0 Å². The van der Waals surface area contributed by atoms with Crippen molar-refractivity contribution in [3.05, 3.63) is 69.4 Å². The van der Waals surface area contributed by atoms with Gasteiger partial charge in [-0.25, -0.2) is 0 Å². The van der Waals surface area contributed by atoms with Crippen LogP contribution in [0.5, 0.6) is 0 Å². The van der Waals surface area contributed by atoms with Crippen molar-refractivity contribution in [1.82, 2.24) is 0 Å². The summed E-state index contributed by atoms with van der Waals surface area (Å²) in [6.45, 7) is 5.95. The van der Waals surface area contributed by atoms with Gasteiger partial charge in [-0.05, 0) is 44.0 Å². The average molecular weight is 264 g/mol. The van der Waals surface area contributed by atoms with Gasteiger partial charge in [0.15, 0.2) is 5.43 Å². The van der Waals surface area contributed by atoms with Gasteiger partial charge in [0.1, 0.15) is 11.3 Å². The molecular formula is C18H16O2. The van der Waals surface area contributed by atoms with Gasteiger partial charge in [0.25, 0.3) is 0 Å². The van der Waals surface area contributed by atoms with Crippen LogP contribution < -0.4 is 5.43 Å². The molecule has 0 bridgehead atoms. The maximum absolute atomic E-state index is 12.5. The average Bonchev–Trinajstić information content (AvgIpc) is 2.46. The molecule has 2 nitrogen and oxygen atoms in total. The highest BCUT2D eigenvalue weighted by molar-refractivity contribution is 5.80. The highest BCUT2D eigenvalue weighted by Gasteiger charge is 2.14. The van der Waals surface area contributed by atoms with E-state index in [0.717, 1.165) is 11.1 Å². The predicted octanol–water partition coefficient (Wildman–Crippen LogP) is 4.39. The summed E-state index contributed by atoms with van der Waals surface area (Å²) in [6, 6.07) is 13.4. The van der Waals surface area contributed by atoms with Crippen LogP contribution in [0.2, 0.25) is 0 Å². The van der Waals surface area contributed by atoms with Crippen molar-refractivity contribution < 1.29 is 4.42 Å². The number of aryl methyl sites for hydroxylation is 1. The van der Waals surface area contributed by atoms with Crippen LogP contribution >= 0.6 is 0 Å². The van der Waals surface area contributed by atoms with E-state index in [-0.39, 0.29) is 5.43 Å². The molecule has 0 aliphatic heterocycles. The molecule has 0 aliphatic carbocycles. The Morgan fingerprint density at radius 1 is 0.850 bits per heavy atom. The molecule has 0 radical (unpaired) electrons. The van der Waals surface area contributed by atoms with Crippen molar-refractivity contribution in [2.75, 3.05) is 0 Å². The van der Waals surface area contributed by atoms with E-state index < -0.39 is 0 Å². The van der Waals surface area contributed by atoms with E-state index in [1.165, 1.54) is 5.56 Å². The molecule has 0 atom stereocenters. The van der Waals surface area contributed by atoms with E-state index >= 15 is 0 Å². The summed E-state index contributed by atoms with van der Waals surface area (Å²) in [6.07, 6.45) is 0. The first-order valence-corrected chi connectivity index (χ1v) is 6.68. The molecule has 1 heterocycles. The Kier molecular flexibility index (Phi) is 2.94. The van der Waals surface area contributed by atoms with Crippen LogP contribution in [0.25, 0.3) is 22.3 Å². The predicted molar refractivity (Wildman–Crippen MR) is 82.1 cm³/mol. The lowest BCUT2D eigenvalue weighted by molar-refractivity contribution is 0.613. The van der Waals surface area contributed by atoms with Crippen molar-refractivity contribution >= 4 is 11.0 Å². The van der Waals surface area contributed by atoms with Crippen molar-refractivity contribution in [3.8, 4) is 11.3 Å². The maximum atomic E-state index is 12.5. The first-order chi connectivity index (χ1) is 9.59. The highest BCUT2D eigenvalue weighted by atomic mass is 16.3. The first kappa shape index (κ1) is 12.7. The highest BCUT2D eigenvalue weighted by Crippen LogP contribution is 2.29. The van der Waals surface area contributed by atoms with Gasteiger partial charge < -0.3 is 4.42 Å². The lowest BCUT2D eigenvalue weighted by atomic mass is 9.98. The molecule has 0 saturated carbocycles. The molecule has 3 rings (SSSR count). The maximum Gasteiger partial charge on any atom is 0.196 e. The third-order valence-electron chi connectivity index (χ3n) is 3.87. The number of hydrogen-bond acceptors (Lipinski definition) is 2. The van der Waals surface area contributed by atoms with Crippen LogP contribution in [0.4, 0.5) is 0 Å². The van der Waals surface area contributed by atoms with Crippen LogP contribution in [0, 0.1) is 20.8 Å². The van der Waals surface area contributed by atoms with Crippen LogP contribution in [0.1, 0.15) is 16.7 Å². The summed E-state index contributed by atoms with van der Waals surface area (Å²) >= 11 is 0. The topological polar surface area (TPSA) is 30.2 Å². The fraction of sp³-hybridized carbons (Fsp3) is 0.167. The molecule has 0 N–H and O–H groups in total. The van der Waals surface area contributed by atoms with Crippen molar-refractivity contribution in [3.63, 3.8) is 0 Å². The molecule has 0 amide bonds. The van der Waals surface area contributed by atoms with Crippen molar-refractivity contribution in [1.29, 1.82) is 0 Å². The fourth-order valence-corrected chi connectivity index (χ4v) is 2.49. The Balaban J connectivity index is 2.40. The minimum atomic E-state index is 0.0442. The zero-order valence-corrected chi connectivity index (χ0v) is 11.9. The molecule has 100 valence electrons. The number of para-hydroxylation sites is 1. The Morgan fingerprint density at radius 2 is 1.60 bits per heavy atom. The summed E-state index contributed by atoms with van der Waals surface area (Å²) in [7, 11) is 0. The normalized spacial score (nSPS) is 10.9. The van der Waals surface area contributed by atoms with Gasteiger partial charge in [-0.3, -0.25) is 4.79 Å². The SMILES string of the molecule is Cc1cccc(-c2oc3ccccc3c(=O)c2C)c1C. The molecule has 2 aromatic carbocycles. The van der Waals surface area contributed by atoms with Crippen molar-refractivity contribution in [2.24, 2.45) is 0 Å². The minimum absolute atomic E-state index is 0.0442. The number of rotatable bonds is 1. The van der Waals surface area contributed by atoms with Crippen LogP contribution in [0.15, 0.2) is 51.7 Å². The monoisotopic (exact) mass is 264 g/mol. The Morgan fingerprint density at radius 3 is 2.40 bits per heavy atom. The van der Waals surface area contributed by atoms with E-state index in [4.69, 9.17) is 4.42 Å². The van der Waals surface area contributed by atoms with E-state index in [9.17, 15) is 4.79 Å². The van der Waals surface area contributed by atoms with Gasteiger partial charge >= 0.3 is 0 Å². The number of fused-ring (bicyclic) bond motifs is 1. The van der Waals surface area contributed by atoms with E-state index in [2.05, 4.69) is 19.9 Å². The van der Waals surface area contributed by atoms with Gasteiger partial charge in [0.05, 0.1) is 5.39 Å². The Labute approximate surface area is 117 Å². The first-order valence-electron chi connectivity index (χ1n) is 6.68. The quantitative estimate of drug-likeness (QED) is 0.652. The van der Waals surface area contributed by atoms with Gasteiger partial charge in [-0.1, -0.05) is 30.3 Å². The molecule has 0 spiro atoms. The molecule has 0 unspecified atom stereocenters. The molecular weight excluding hydrogens is 248 g/mol. The van der Waals surface area contributed by atoms with Crippen molar-refractivity contribution in [2.45, 2.75) is 20.8 Å². The number of hydrogen-bond donors (Lipinski definition) is 0. The smallest absolute Gasteiger partial charge is 0.196 e. The lowest BCUT2D eigenvalue weighted by Gasteiger charge is -2.11. The lowest BCUT2D eigenvalue weighted by Crippen LogP contribution is -2.07. The molecule has 0 fully saturated rings. The Bertz CT molecular complexity index is 857. The van der Waals surface area contributed by atoms with E-state index in [0.29, 0.717) is 22.3 Å². The third-order valence-corrected chi connectivity index (χ3v) is 3.87. The van der Waals surface area contributed by atoms with Crippen LogP contribution in [0.3, 0.4) is 0 Å². The summed E-state index contributed by atoms with van der Waals surface area (Å²) in [5.41, 5.74) is 4.68. The van der Waals surface area contributed by atoms with Gasteiger partial charge in [0.2, 0.25) is 0 Å². The Hall–Kier alpha value is -2.35. The zero-order valence-electron chi connectivity index (χ0n) is 11.9. The summed E-state index contributed by atoms with van der Waals surface area (Å²) in [5, 5.41) is 0.638. The second-order valence-electron chi connectivity index (χ2n) is 5.13. The summed E-state index contributed by atoms with van der Waals surface area (Å²) in [5.74, 6) is 0.676. The van der Waals surface area contributed by atoms with Gasteiger partial charge in [0, 0.05) is 11.1 Å². The molecule has 20 heavy (non-hydrogen) atoms. The third kappa shape index (κ3) is 1.85.